The molecule has 2 amide bonds. The monoisotopic (exact) mass is 369 g/mol. The van der Waals surface area contributed by atoms with Crippen molar-refractivity contribution in [3.8, 4) is 0 Å². The van der Waals surface area contributed by atoms with Crippen LogP contribution in [0.25, 0.3) is 0 Å². The number of rotatable bonds is 9. The van der Waals surface area contributed by atoms with Crippen molar-refractivity contribution in [2.24, 2.45) is 0 Å². The molecule has 2 unspecified atom stereocenters. The molecule has 2 aliphatic heterocycles. The molecule has 26 heavy (non-hydrogen) atoms. The normalized spacial score (nSPS) is 23.4. The number of carbonyl (C=O) groups excluding carboxylic acids is 2. The summed E-state index contributed by atoms with van der Waals surface area (Å²) in [4.78, 5) is 26.2. The molecule has 150 valence electrons. The predicted molar refractivity (Wildman–Crippen MR) is 99.9 cm³/mol. The van der Waals surface area contributed by atoms with Crippen molar-refractivity contribution in [1.82, 2.24) is 15.5 Å². The Morgan fingerprint density at radius 2 is 2.00 bits per heavy atom. The Morgan fingerprint density at radius 3 is 2.65 bits per heavy atom. The highest BCUT2D eigenvalue weighted by Gasteiger charge is 2.25. The first-order valence-electron chi connectivity index (χ1n) is 10.1. The third kappa shape index (κ3) is 7.60. The number of amides is 2. The standard InChI is InChI=1S/C19H35N3O4/c1-3-9-20-18(23)13-22-10-7-16(8-11-22)21-19(24)15(2)26-14-17-6-4-5-12-25-17/h15-17H,3-14H2,1-2H3,(H,20,23)(H,21,24). The number of nitrogens with zero attached hydrogens (tertiary/aromatic N) is 1. The number of likely N-dealkylation sites (tertiary alicyclic amines) is 1. The highest BCUT2D eigenvalue weighted by atomic mass is 16.5. The maximum atomic E-state index is 12.3. The maximum absolute atomic E-state index is 12.3. The molecule has 2 saturated heterocycles. The molecule has 2 aliphatic rings. The van der Waals surface area contributed by atoms with E-state index in [9.17, 15) is 9.59 Å². The second kappa shape index (κ2) is 11.5. The van der Waals surface area contributed by atoms with Crippen LogP contribution in [-0.2, 0) is 19.1 Å². The molecule has 0 radical (unpaired) electrons. The molecule has 0 aromatic carbocycles. The van der Waals surface area contributed by atoms with Gasteiger partial charge in [0.2, 0.25) is 11.8 Å². The van der Waals surface area contributed by atoms with Crippen LogP contribution in [0.15, 0.2) is 0 Å². The highest BCUT2D eigenvalue weighted by molar-refractivity contribution is 5.80. The van der Waals surface area contributed by atoms with Gasteiger partial charge < -0.3 is 20.1 Å². The van der Waals surface area contributed by atoms with Gasteiger partial charge in [-0.05, 0) is 45.4 Å². The molecule has 2 N–H and O–H groups in total. The van der Waals surface area contributed by atoms with Crippen LogP contribution in [0, 0.1) is 0 Å². The number of nitrogens with one attached hydrogen (secondary N) is 2. The second-order valence-corrected chi connectivity index (χ2v) is 7.37. The summed E-state index contributed by atoms with van der Waals surface area (Å²) in [5.41, 5.74) is 0. The van der Waals surface area contributed by atoms with Crippen molar-refractivity contribution in [2.75, 3.05) is 39.4 Å². The van der Waals surface area contributed by atoms with E-state index in [4.69, 9.17) is 9.47 Å². The minimum absolute atomic E-state index is 0.0556. The van der Waals surface area contributed by atoms with E-state index in [0.29, 0.717) is 13.2 Å². The summed E-state index contributed by atoms with van der Waals surface area (Å²) in [7, 11) is 0. The molecule has 7 nitrogen and oxygen atoms in total. The van der Waals surface area contributed by atoms with Crippen LogP contribution in [0.4, 0.5) is 0 Å². The molecule has 0 bridgehead atoms. The minimum atomic E-state index is -0.460. The third-order valence-corrected chi connectivity index (χ3v) is 5.05. The summed E-state index contributed by atoms with van der Waals surface area (Å²) < 4.78 is 11.3. The minimum Gasteiger partial charge on any atom is -0.376 e. The van der Waals surface area contributed by atoms with Crippen LogP contribution in [0.1, 0.15) is 52.4 Å². The Bertz CT molecular complexity index is 433. The molecule has 0 aromatic heterocycles. The number of hydrogen-bond acceptors (Lipinski definition) is 5. The second-order valence-electron chi connectivity index (χ2n) is 7.37. The largest absolute Gasteiger partial charge is 0.376 e. The lowest BCUT2D eigenvalue weighted by Crippen LogP contribution is -2.49. The lowest BCUT2D eigenvalue weighted by atomic mass is 10.0. The fourth-order valence-corrected chi connectivity index (χ4v) is 3.34. The lowest BCUT2D eigenvalue weighted by molar-refractivity contribution is -0.136. The van der Waals surface area contributed by atoms with Crippen molar-refractivity contribution in [3.05, 3.63) is 0 Å². The summed E-state index contributed by atoms with van der Waals surface area (Å²) in [5, 5.41) is 5.98. The van der Waals surface area contributed by atoms with E-state index in [2.05, 4.69) is 15.5 Å². The molecule has 2 fully saturated rings. The number of carbonyl (C=O) groups is 2. The van der Waals surface area contributed by atoms with Crippen LogP contribution < -0.4 is 10.6 Å². The zero-order valence-corrected chi connectivity index (χ0v) is 16.3. The van der Waals surface area contributed by atoms with Crippen molar-refractivity contribution < 1.29 is 19.1 Å². The first-order chi connectivity index (χ1) is 12.6. The molecular weight excluding hydrogens is 334 g/mol. The van der Waals surface area contributed by atoms with Gasteiger partial charge in [-0.25, -0.2) is 0 Å². The quantitative estimate of drug-likeness (QED) is 0.635. The van der Waals surface area contributed by atoms with E-state index in [1.165, 1.54) is 6.42 Å². The Kier molecular flexibility index (Phi) is 9.36. The van der Waals surface area contributed by atoms with E-state index >= 15 is 0 Å². The van der Waals surface area contributed by atoms with Crippen LogP contribution in [-0.4, -0.2) is 74.4 Å². The first kappa shape index (κ1) is 21.1. The molecule has 0 saturated carbocycles. The fraction of sp³-hybridized carbons (Fsp3) is 0.895. The van der Waals surface area contributed by atoms with Crippen molar-refractivity contribution in [1.29, 1.82) is 0 Å². The average molecular weight is 370 g/mol. The molecule has 0 aromatic rings. The van der Waals surface area contributed by atoms with E-state index in [1.807, 2.05) is 6.92 Å². The van der Waals surface area contributed by atoms with Crippen molar-refractivity contribution in [3.63, 3.8) is 0 Å². The van der Waals surface area contributed by atoms with Crippen LogP contribution in [0.2, 0.25) is 0 Å². The van der Waals surface area contributed by atoms with Gasteiger partial charge in [0.1, 0.15) is 6.10 Å². The van der Waals surface area contributed by atoms with Crippen LogP contribution in [0.3, 0.4) is 0 Å². The SMILES string of the molecule is CCCNC(=O)CN1CCC(NC(=O)C(C)OCC2CCCCO2)CC1. The van der Waals surface area contributed by atoms with Crippen LogP contribution in [0.5, 0.6) is 0 Å². The summed E-state index contributed by atoms with van der Waals surface area (Å²) in [5.74, 6) is 0.0289. The fourth-order valence-electron chi connectivity index (χ4n) is 3.34. The van der Waals surface area contributed by atoms with Crippen LogP contribution >= 0.6 is 0 Å². The third-order valence-electron chi connectivity index (χ3n) is 5.05. The van der Waals surface area contributed by atoms with E-state index in [-0.39, 0.29) is 24.0 Å². The summed E-state index contributed by atoms with van der Waals surface area (Å²) in [6.07, 6.45) is 5.65. The zero-order valence-electron chi connectivity index (χ0n) is 16.3. The smallest absolute Gasteiger partial charge is 0.249 e. The molecule has 2 atom stereocenters. The average Bonchev–Trinajstić information content (AvgIpc) is 2.66. The van der Waals surface area contributed by atoms with E-state index in [0.717, 1.165) is 58.3 Å². The topological polar surface area (TPSA) is 79.9 Å². The van der Waals surface area contributed by atoms with Gasteiger partial charge in [-0.1, -0.05) is 6.92 Å². The number of hydrogen-bond donors (Lipinski definition) is 2. The Labute approximate surface area is 157 Å². The number of ether oxygens (including phenoxy) is 2. The van der Waals surface area contributed by atoms with Gasteiger partial charge in [-0.15, -0.1) is 0 Å². The Balaban J connectivity index is 1.60. The van der Waals surface area contributed by atoms with Crippen molar-refractivity contribution in [2.45, 2.75) is 70.6 Å². The van der Waals surface area contributed by atoms with Gasteiger partial charge in [0.15, 0.2) is 0 Å². The van der Waals surface area contributed by atoms with Crippen molar-refractivity contribution >= 4 is 11.8 Å². The Hall–Kier alpha value is -1.18. The zero-order chi connectivity index (χ0) is 18.8. The molecule has 2 heterocycles. The first-order valence-corrected chi connectivity index (χ1v) is 10.1. The van der Waals surface area contributed by atoms with Gasteiger partial charge in [0.25, 0.3) is 0 Å². The summed E-state index contributed by atoms with van der Waals surface area (Å²) in [6.45, 7) is 7.96. The Morgan fingerprint density at radius 1 is 1.23 bits per heavy atom. The molecular formula is C19H35N3O4. The van der Waals surface area contributed by atoms with E-state index < -0.39 is 6.10 Å². The highest BCUT2D eigenvalue weighted by Crippen LogP contribution is 2.14. The van der Waals surface area contributed by atoms with Gasteiger partial charge in [0, 0.05) is 32.3 Å². The predicted octanol–water partition coefficient (Wildman–Crippen LogP) is 1.07. The molecule has 2 rings (SSSR count). The van der Waals surface area contributed by atoms with Gasteiger partial charge in [-0.3, -0.25) is 14.5 Å². The summed E-state index contributed by atoms with van der Waals surface area (Å²) >= 11 is 0. The lowest BCUT2D eigenvalue weighted by Gasteiger charge is -2.32. The number of piperidine rings is 1. The molecule has 7 heteroatoms. The van der Waals surface area contributed by atoms with E-state index in [1.54, 1.807) is 6.92 Å². The molecule has 0 spiro atoms. The summed E-state index contributed by atoms with van der Waals surface area (Å²) in [6, 6.07) is 0.162. The maximum Gasteiger partial charge on any atom is 0.249 e. The van der Waals surface area contributed by atoms with Gasteiger partial charge in [0.05, 0.1) is 19.3 Å². The van der Waals surface area contributed by atoms with Gasteiger partial charge in [-0.2, -0.15) is 0 Å². The van der Waals surface area contributed by atoms with Gasteiger partial charge >= 0.3 is 0 Å². The molecule has 0 aliphatic carbocycles.